The number of nitrogens with zero attached hydrogens (tertiary/aromatic N) is 1. The summed E-state index contributed by atoms with van der Waals surface area (Å²) in [6, 6.07) is 20.2. The van der Waals surface area contributed by atoms with Crippen molar-refractivity contribution in [3.8, 4) is 0 Å². The van der Waals surface area contributed by atoms with Crippen LogP contribution >= 0.6 is 11.6 Å². The van der Waals surface area contributed by atoms with E-state index in [4.69, 9.17) is 11.6 Å². The van der Waals surface area contributed by atoms with Crippen LogP contribution in [-0.2, 0) is 0 Å². The summed E-state index contributed by atoms with van der Waals surface area (Å²) in [5.74, 6) is 0.515. The van der Waals surface area contributed by atoms with Crippen LogP contribution in [0.2, 0.25) is 0 Å². The minimum absolute atomic E-state index is 0.204. The van der Waals surface area contributed by atoms with Crippen LogP contribution in [0.3, 0.4) is 0 Å². The largest absolute Gasteiger partial charge is 0.361 e. The molecular weight excluding hydrogens is 352 g/mol. The summed E-state index contributed by atoms with van der Waals surface area (Å²) in [5.41, 5.74) is 4.45. The molecule has 3 rings (SSSR count). The highest BCUT2D eigenvalue weighted by Gasteiger charge is 2.31. The minimum atomic E-state index is 0.204. The van der Waals surface area contributed by atoms with Gasteiger partial charge in [0, 0.05) is 23.1 Å². The van der Waals surface area contributed by atoms with Crippen LogP contribution in [0, 0.1) is 11.3 Å². The number of hydrogen-bond donors (Lipinski definition) is 1. The second-order valence-corrected chi connectivity index (χ2v) is 8.46. The Labute approximate surface area is 167 Å². The molecule has 2 nitrogen and oxygen atoms in total. The fraction of sp³-hybridized carbons (Fsp3) is 0.292. The van der Waals surface area contributed by atoms with E-state index in [2.05, 4.69) is 43.2 Å². The summed E-state index contributed by atoms with van der Waals surface area (Å²) in [5, 5.41) is 4.20. The van der Waals surface area contributed by atoms with Crippen molar-refractivity contribution in [2.75, 3.05) is 5.32 Å². The maximum Gasteiger partial charge on any atom is 0.0629 e. The van der Waals surface area contributed by atoms with Crippen molar-refractivity contribution in [2.45, 2.75) is 33.6 Å². The second kappa shape index (κ2) is 8.58. The van der Waals surface area contributed by atoms with Gasteiger partial charge in [-0.25, -0.2) is 0 Å². The highest BCUT2D eigenvalue weighted by atomic mass is 35.5. The molecular formula is C24H27ClN2. The number of halogens is 1. The van der Waals surface area contributed by atoms with E-state index >= 15 is 0 Å². The second-order valence-electron chi connectivity index (χ2n) is 8.08. The van der Waals surface area contributed by atoms with Gasteiger partial charge in [0.15, 0.2) is 0 Å². The van der Waals surface area contributed by atoms with Gasteiger partial charge in [-0.15, -0.1) is 0 Å². The van der Waals surface area contributed by atoms with Gasteiger partial charge < -0.3 is 5.32 Å². The Morgan fingerprint density at radius 3 is 2.22 bits per heavy atom. The molecule has 0 fully saturated rings. The Morgan fingerprint density at radius 2 is 1.59 bits per heavy atom. The van der Waals surface area contributed by atoms with E-state index in [0.717, 1.165) is 40.4 Å². The van der Waals surface area contributed by atoms with Crippen LogP contribution in [0.4, 0.5) is 11.4 Å². The first-order valence-electron chi connectivity index (χ1n) is 9.42. The minimum Gasteiger partial charge on any atom is -0.361 e. The summed E-state index contributed by atoms with van der Waals surface area (Å²) in [4.78, 5) is 4.63. The molecule has 3 heteroatoms. The van der Waals surface area contributed by atoms with Gasteiger partial charge in [-0.2, -0.15) is 0 Å². The highest BCUT2D eigenvalue weighted by Crippen LogP contribution is 2.43. The lowest BCUT2D eigenvalue weighted by molar-refractivity contribution is 0.235. The molecule has 0 amide bonds. The maximum atomic E-state index is 6.78. The van der Waals surface area contributed by atoms with Gasteiger partial charge in [-0.3, -0.25) is 4.99 Å². The summed E-state index contributed by atoms with van der Waals surface area (Å²) in [6.07, 6.45) is 5.89. The predicted octanol–water partition coefficient (Wildman–Crippen LogP) is 7.33. The molecule has 1 N–H and O–H groups in total. The first kappa shape index (κ1) is 19.4. The van der Waals surface area contributed by atoms with Crippen molar-refractivity contribution in [3.63, 3.8) is 0 Å². The zero-order valence-corrected chi connectivity index (χ0v) is 17.0. The number of para-hydroxylation sites is 2. The van der Waals surface area contributed by atoms with Crippen LogP contribution in [0.15, 0.2) is 88.0 Å². The molecule has 27 heavy (non-hydrogen) atoms. The Hall–Kier alpha value is -2.32. The van der Waals surface area contributed by atoms with E-state index < -0.39 is 0 Å². The van der Waals surface area contributed by atoms with Crippen LogP contribution in [-0.4, -0.2) is 6.21 Å². The molecule has 0 aliphatic heterocycles. The van der Waals surface area contributed by atoms with Crippen molar-refractivity contribution in [2.24, 2.45) is 16.3 Å². The lowest BCUT2D eigenvalue weighted by Crippen LogP contribution is -2.25. The third kappa shape index (κ3) is 5.33. The predicted molar refractivity (Wildman–Crippen MR) is 118 cm³/mol. The van der Waals surface area contributed by atoms with Gasteiger partial charge in [-0.1, -0.05) is 68.8 Å². The number of rotatable bonds is 4. The molecule has 0 bridgehead atoms. The van der Waals surface area contributed by atoms with Crippen molar-refractivity contribution in [3.05, 3.63) is 83.0 Å². The van der Waals surface area contributed by atoms with Crippen LogP contribution < -0.4 is 5.32 Å². The first-order chi connectivity index (χ1) is 12.9. The lowest BCUT2D eigenvalue weighted by Gasteiger charge is -2.35. The van der Waals surface area contributed by atoms with Crippen LogP contribution in [0.1, 0.15) is 33.6 Å². The van der Waals surface area contributed by atoms with Gasteiger partial charge in [0.1, 0.15) is 0 Å². The SMILES string of the molecule is CC(C)(C)C1CC(C=Nc2ccccc2)=C(Cl)/C(=C/Nc2ccccc2)C1. The fourth-order valence-electron chi connectivity index (χ4n) is 3.20. The zero-order chi connectivity index (χ0) is 19.3. The summed E-state index contributed by atoms with van der Waals surface area (Å²) >= 11 is 6.78. The average molecular weight is 379 g/mol. The third-order valence-electron chi connectivity index (χ3n) is 5.03. The first-order valence-corrected chi connectivity index (χ1v) is 9.80. The molecule has 0 spiro atoms. The molecule has 1 aliphatic carbocycles. The number of aliphatic imine (C=N–C) groups is 1. The zero-order valence-electron chi connectivity index (χ0n) is 16.2. The third-order valence-corrected chi connectivity index (χ3v) is 5.52. The lowest BCUT2D eigenvalue weighted by atomic mass is 9.71. The van der Waals surface area contributed by atoms with E-state index in [1.165, 1.54) is 0 Å². The van der Waals surface area contributed by atoms with E-state index in [9.17, 15) is 0 Å². The highest BCUT2D eigenvalue weighted by molar-refractivity contribution is 6.33. The normalized spacial score (nSPS) is 19.7. The van der Waals surface area contributed by atoms with Crippen molar-refractivity contribution in [1.29, 1.82) is 0 Å². The van der Waals surface area contributed by atoms with E-state index in [0.29, 0.717) is 5.92 Å². The van der Waals surface area contributed by atoms with Crippen molar-refractivity contribution in [1.82, 2.24) is 0 Å². The number of benzene rings is 2. The topological polar surface area (TPSA) is 24.4 Å². The summed E-state index contributed by atoms with van der Waals surface area (Å²) in [7, 11) is 0. The van der Waals surface area contributed by atoms with Crippen molar-refractivity contribution < 1.29 is 0 Å². The number of nitrogens with one attached hydrogen (secondary N) is 1. The standard InChI is InChI=1S/C24H27ClN2/c1-24(2,3)20-14-18(16-26-21-10-6-4-7-11-21)23(25)19(15-20)17-27-22-12-8-5-9-13-22/h4-13,16-17,20,26H,14-15H2,1-3H3/b18-16+,27-17?. The maximum absolute atomic E-state index is 6.78. The number of anilines is 1. The Kier molecular flexibility index (Phi) is 6.18. The summed E-state index contributed by atoms with van der Waals surface area (Å²) in [6.45, 7) is 6.89. The quantitative estimate of drug-likeness (QED) is 0.553. The smallest absolute Gasteiger partial charge is 0.0629 e. The Morgan fingerprint density at radius 1 is 0.963 bits per heavy atom. The monoisotopic (exact) mass is 378 g/mol. The molecule has 0 saturated carbocycles. The van der Waals surface area contributed by atoms with Gasteiger partial charge in [-0.05, 0) is 59.6 Å². The number of allylic oxidation sites excluding steroid dienone is 3. The Bertz CT molecular complexity index is 843. The van der Waals surface area contributed by atoms with E-state index in [-0.39, 0.29) is 5.41 Å². The molecule has 1 aliphatic rings. The van der Waals surface area contributed by atoms with Crippen LogP contribution in [0.25, 0.3) is 0 Å². The van der Waals surface area contributed by atoms with Crippen LogP contribution in [0.5, 0.6) is 0 Å². The van der Waals surface area contributed by atoms with Gasteiger partial charge in [0.2, 0.25) is 0 Å². The van der Waals surface area contributed by atoms with Gasteiger partial charge in [0.05, 0.1) is 5.69 Å². The van der Waals surface area contributed by atoms with Gasteiger partial charge in [0.25, 0.3) is 0 Å². The molecule has 0 saturated heterocycles. The number of hydrogen-bond acceptors (Lipinski definition) is 2. The molecule has 140 valence electrons. The molecule has 2 aromatic rings. The molecule has 2 aromatic carbocycles. The van der Waals surface area contributed by atoms with Gasteiger partial charge >= 0.3 is 0 Å². The van der Waals surface area contributed by atoms with E-state index in [1.54, 1.807) is 0 Å². The average Bonchev–Trinajstić information content (AvgIpc) is 2.67. The molecule has 0 aromatic heterocycles. The van der Waals surface area contributed by atoms with Crippen molar-refractivity contribution >= 4 is 29.2 Å². The molecule has 1 unspecified atom stereocenters. The summed E-state index contributed by atoms with van der Waals surface area (Å²) < 4.78 is 0. The Balaban J connectivity index is 1.89. The fourth-order valence-corrected chi connectivity index (χ4v) is 3.46. The molecule has 1 atom stereocenters. The molecule has 0 radical (unpaired) electrons. The van der Waals surface area contributed by atoms with E-state index in [1.807, 2.05) is 60.9 Å². The molecule has 0 heterocycles.